The van der Waals surface area contributed by atoms with Crippen LogP contribution < -0.4 is 14.2 Å². The van der Waals surface area contributed by atoms with E-state index in [0.29, 0.717) is 6.04 Å². The van der Waals surface area contributed by atoms with Gasteiger partial charge in [0.05, 0.1) is 21.3 Å². The van der Waals surface area contributed by atoms with Crippen LogP contribution in [0.25, 0.3) is 0 Å². The standard InChI is InChI=1S/C25H36N2O4/c1-18-19(2)23(29-3)9-7-21(18)16-27-12-11-26(17-22(27)10-13-28)15-20-6-8-24(30-4)25(14-20)31-5/h6-9,14,22,28H,10-13,15-17H2,1-5H3/t22-/m1/s1. The molecule has 170 valence electrons. The van der Waals surface area contributed by atoms with Crippen LogP contribution in [-0.4, -0.2) is 68.5 Å². The van der Waals surface area contributed by atoms with Gasteiger partial charge in [-0.15, -0.1) is 0 Å². The highest BCUT2D eigenvalue weighted by Gasteiger charge is 2.27. The van der Waals surface area contributed by atoms with Gasteiger partial charge >= 0.3 is 0 Å². The van der Waals surface area contributed by atoms with Crippen LogP contribution in [0.1, 0.15) is 28.7 Å². The Morgan fingerprint density at radius 1 is 0.871 bits per heavy atom. The number of nitrogens with zero attached hydrogens (tertiary/aromatic N) is 2. The van der Waals surface area contributed by atoms with Crippen molar-refractivity contribution in [2.24, 2.45) is 0 Å². The lowest BCUT2D eigenvalue weighted by Gasteiger charge is -2.42. The molecular weight excluding hydrogens is 392 g/mol. The maximum atomic E-state index is 9.68. The third-order valence-electron chi connectivity index (χ3n) is 6.45. The van der Waals surface area contributed by atoms with Crippen molar-refractivity contribution >= 4 is 0 Å². The Kier molecular flexibility index (Phi) is 8.18. The third kappa shape index (κ3) is 5.50. The second kappa shape index (κ2) is 10.8. The summed E-state index contributed by atoms with van der Waals surface area (Å²) in [5, 5.41) is 9.68. The van der Waals surface area contributed by atoms with Crippen LogP contribution in [-0.2, 0) is 13.1 Å². The van der Waals surface area contributed by atoms with Crippen molar-refractivity contribution < 1.29 is 19.3 Å². The molecule has 1 fully saturated rings. The summed E-state index contributed by atoms with van der Waals surface area (Å²) in [6.07, 6.45) is 0.774. The van der Waals surface area contributed by atoms with Crippen LogP contribution in [0.3, 0.4) is 0 Å². The molecule has 0 bridgehead atoms. The van der Waals surface area contributed by atoms with Crippen molar-refractivity contribution in [2.75, 3.05) is 47.6 Å². The Bertz CT molecular complexity index is 871. The topological polar surface area (TPSA) is 54.4 Å². The quantitative estimate of drug-likeness (QED) is 0.661. The number of hydrogen-bond acceptors (Lipinski definition) is 6. The van der Waals surface area contributed by atoms with Gasteiger partial charge in [0.15, 0.2) is 11.5 Å². The maximum Gasteiger partial charge on any atom is 0.161 e. The number of rotatable bonds is 9. The molecule has 1 atom stereocenters. The van der Waals surface area contributed by atoms with Crippen molar-refractivity contribution in [2.45, 2.75) is 39.4 Å². The van der Waals surface area contributed by atoms with Gasteiger partial charge in [-0.1, -0.05) is 12.1 Å². The molecule has 6 heteroatoms. The summed E-state index contributed by atoms with van der Waals surface area (Å²) < 4.78 is 16.3. The monoisotopic (exact) mass is 428 g/mol. The largest absolute Gasteiger partial charge is 0.496 e. The van der Waals surface area contributed by atoms with E-state index in [1.54, 1.807) is 21.3 Å². The van der Waals surface area contributed by atoms with Crippen molar-refractivity contribution in [3.05, 3.63) is 52.6 Å². The molecule has 2 aromatic rings. The predicted octanol–water partition coefficient (Wildman–Crippen LogP) is 3.40. The summed E-state index contributed by atoms with van der Waals surface area (Å²) in [6.45, 7) is 9.13. The number of aliphatic hydroxyl groups is 1. The molecule has 0 aliphatic carbocycles. The van der Waals surface area contributed by atoms with Crippen LogP contribution in [0, 0.1) is 13.8 Å². The highest BCUT2D eigenvalue weighted by molar-refractivity contribution is 5.44. The van der Waals surface area contributed by atoms with E-state index in [4.69, 9.17) is 14.2 Å². The van der Waals surface area contributed by atoms with E-state index in [1.165, 1.54) is 22.3 Å². The highest BCUT2D eigenvalue weighted by Crippen LogP contribution is 2.29. The van der Waals surface area contributed by atoms with Crippen LogP contribution in [0.5, 0.6) is 17.2 Å². The van der Waals surface area contributed by atoms with E-state index in [1.807, 2.05) is 6.07 Å². The summed E-state index contributed by atoms with van der Waals surface area (Å²) in [5.41, 5.74) is 5.02. The van der Waals surface area contributed by atoms with Crippen molar-refractivity contribution in [3.63, 3.8) is 0 Å². The second-order valence-corrected chi connectivity index (χ2v) is 8.24. The van der Waals surface area contributed by atoms with E-state index in [-0.39, 0.29) is 6.61 Å². The summed E-state index contributed by atoms with van der Waals surface area (Å²) in [7, 11) is 5.04. The molecular formula is C25H36N2O4. The number of aliphatic hydroxyl groups excluding tert-OH is 1. The van der Waals surface area contributed by atoms with Gasteiger partial charge in [-0.3, -0.25) is 9.80 Å². The van der Waals surface area contributed by atoms with Crippen LogP contribution in [0.2, 0.25) is 0 Å². The minimum atomic E-state index is 0.200. The molecule has 6 nitrogen and oxygen atoms in total. The highest BCUT2D eigenvalue weighted by atomic mass is 16.5. The van der Waals surface area contributed by atoms with Gasteiger partial charge in [-0.2, -0.15) is 0 Å². The number of hydrogen-bond donors (Lipinski definition) is 1. The average Bonchev–Trinajstić information content (AvgIpc) is 2.78. The lowest BCUT2D eigenvalue weighted by molar-refractivity contribution is 0.0498. The van der Waals surface area contributed by atoms with Gasteiger partial charge in [0.1, 0.15) is 5.75 Å². The molecule has 0 unspecified atom stereocenters. The number of piperazine rings is 1. The first-order valence-electron chi connectivity index (χ1n) is 10.9. The Balaban J connectivity index is 1.69. The van der Waals surface area contributed by atoms with Crippen molar-refractivity contribution in [1.29, 1.82) is 0 Å². The third-order valence-corrected chi connectivity index (χ3v) is 6.45. The molecule has 0 spiro atoms. The van der Waals surface area contributed by atoms with E-state index >= 15 is 0 Å². The van der Waals surface area contributed by atoms with Gasteiger partial charge in [0, 0.05) is 45.4 Å². The molecule has 0 radical (unpaired) electrons. The van der Waals surface area contributed by atoms with Gasteiger partial charge in [0.25, 0.3) is 0 Å². The fraction of sp³-hybridized carbons (Fsp3) is 0.520. The molecule has 1 saturated heterocycles. The fourth-order valence-electron chi connectivity index (χ4n) is 4.43. The lowest BCUT2D eigenvalue weighted by atomic mass is 10.00. The minimum absolute atomic E-state index is 0.200. The molecule has 1 N–H and O–H groups in total. The Morgan fingerprint density at radius 2 is 1.58 bits per heavy atom. The molecule has 0 amide bonds. The zero-order chi connectivity index (χ0) is 22.4. The number of ether oxygens (including phenoxy) is 3. The van der Waals surface area contributed by atoms with Crippen LogP contribution in [0.15, 0.2) is 30.3 Å². The van der Waals surface area contributed by atoms with E-state index in [2.05, 4.69) is 47.9 Å². The number of methoxy groups -OCH3 is 3. The Labute approximate surface area is 186 Å². The lowest BCUT2D eigenvalue weighted by Crippen LogP contribution is -2.52. The van der Waals surface area contributed by atoms with Gasteiger partial charge in [-0.05, 0) is 60.7 Å². The first kappa shape index (κ1) is 23.4. The van der Waals surface area contributed by atoms with Crippen molar-refractivity contribution in [1.82, 2.24) is 9.80 Å². The molecule has 1 aliphatic heterocycles. The first-order chi connectivity index (χ1) is 15.0. The molecule has 0 saturated carbocycles. The number of benzene rings is 2. The van der Waals surface area contributed by atoms with E-state index in [9.17, 15) is 5.11 Å². The average molecular weight is 429 g/mol. The van der Waals surface area contributed by atoms with Crippen LogP contribution >= 0.6 is 0 Å². The van der Waals surface area contributed by atoms with E-state index < -0.39 is 0 Å². The summed E-state index contributed by atoms with van der Waals surface area (Å²) in [5.74, 6) is 2.45. The molecule has 0 aromatic heterocycles. The smallest absolute Gasteiger partial charge is 0.161 e. The summed E-state index contributed by atoms with van der Waals surface area (Å²) in [4.78, 5) is 4.97. The van der Waals surface area contributed by atoms with Gasteiger partial charge in [0.2, 0.25) is 0 Å². The Morgan fingerprint density at radius 3 is 2.26 bits per heavy atom. The molecule has 31 heavy (non-hydrogen) atoms. The fourth-order valence-corrected chi connectivity index (χ4v) is 4.43. The van der Waals surface area contributed by atoms with Crippen LogP contribution in [0.4, 0.5) is 0 Å². The molecule has 1 aliphatic rings. The second-order valence-electron chi connectivity index (χ2n) is 8.24. The predicted molar refractivity (Wildman–Crippen MR) is 123 cm³/mol. The maximum absolute atomic E-state index is 9.68. The molecule has 2 aromatic carbocycles. The Hall–Kier alpha value is -2.28. The zero-order valence-corrected chi connectivity index (χ0v) is 19.5. The summed E-state index contributed by atoms with van der Waals surface area (Å²) in [6, 6.07) is 10.7. The van der Waals surface area contributed by atoms with Gasteiger partial charge in [-0.25, -0.2) is 0 Å². The van der Waals surface area contributed by atoms with Crippen molar-refractivity contribution in [3.8, 4) is 17.2 Å². The normalized spacial score (nSPS) is 17.5. The molecule has 1 heterocycles. The van der Waals surface area contributed by atoms with Gasteiger partial charge < -0.3 is 19.3 Å². The SMILES string of the molecule is COc1ccc(CN2CCN(Cc3ccc(OC)c(C)c3C)[C@H](CCO)C2)cc1OC. The minimum Gasteiger partial charge on any atom is -0.496 e. The molecule has 3 rings (SSSR count). The first-order valence-corrected chi connectivity index (χ1v) is 10.9. The zero-order valence-electron chi connectivity index (χ0n) is 19.5. The summed E-state index contributed by atoms with van der Waals surface area (Å²) >= 11 is 0. The van der Waals surface area contributed by atoms with E-state index in [0.717, 1.165) is 56.4 Å².